The van der Waals surface area contributed by atoms with Crippen molar-refractivity contribution in [2.24, 2.45) is 5.92 Å². The van der Waals surface area contributed by atoms with Crippen molar-refractivity contribution in [3.8, 4) is 0 Å². The van der Waals surface area contributed by atoms with Crippen LogP contribution in [0.5, 0.6) is 0 Å². The number of hydrogen-bond donors (Lipinski definition) is 2. The van der Waals surface area contributed by atoms with Gasteiger partial charge < -0.3 is 11.1 Å². The number of nitrogens with one attached hydrogen (secondary N) is 1. The lowest BCUT2D eigenvalue weighted by molar-refractivity contribution is 0.102. The molecule has 0 aliphatic rings. The molecule has 96 valence electrons. The van der Waals surface area contributed by atoms with Crippen molar-refractivity contribution in [3.63, 3.8) is 0 Å². The Labute approximate surface area is 111 Å². The van der Waals surface area contributed by atoms with Gasteiger partial charge in [-0.15, -0.1) is 23.1 Å². The Balaban J connectivity index is 2.84. The molecule has 3 N–H and O–H groups in total. The smallest absolute Gasteiger partial charge is 0.171 e. The predicted octanol–water partition coefficient (Wildman–Crippen LogP) is 3.71. The van der Waals surface area contributed by atoms with Crippen LogP contribution in [0, 0.1) is 5.92 Å². The van der Waals surface area contributed by atoms with Crippen molar-refractivity contribution in [2.75, 3.05) is 23.9 Å². The molecular formula is C12H20N2OS2. The van der Waals surface area contributed by atoms with E-state index in [4.69, 9.17) is 5.73 Å². The number of nitrogens with two attached hydrogens (primary N) is 1. The van der Waals surface area contributed by atoms with E-state index in [0.717, 1.165) is 22.9 Å². The lowest BCUT2D eigenvalue weighted by Crippen LogP contribution is -2.04. The quantitative estimate of drug-likeness (QED) is 0.612. The zero-order chi connectivity index (χ0) is 13.0. The number of Topliss-reactive ketones (excluding diaryl/α,β-unsaturated/α-hetero) is 1. The Morgan fingerprint density at radius 1 is 1.53 bits per heavy atom. The van der Waals surface area contributed by atoms with Crippen LogP contribution in [0.3, 0.4) is 0 Å². The van der Waals surface area contributed by atoms with Crippen LogP contribution in [0.2, 0.25) is 0 Å². The van der Waals surface area contributed by atoms with Crippen LogP contribution < -0.4 is 11.1 Å². The van der Waals surface area contributed by atoms with Crippen molar-refractivity contribution in [1.82, 2.24) is 0 Å². The Morgan fingerprint density at radius 2 is 2.18 bits per heavy atom. The van der Waals surface area contributed by atoms with Gasteiger partial charge in [-0.1, -0.05) is 13.8 Å². The molecule has 0 amide bonds. The van der Waals surface area contributed by atoms with E-state index in [-0.39, 0.29) is 5.78 Å². The van der Waals surface area contributed by atoms with Crippen LogP contribution in [-0.4, -0.2) is 18.6 Å². The Bertz CT molecular complexity index is 399. The van der Waals surface area contributed by atoms with Crippen LogP contribution in [0.25, 0.3) is 0 Å². The zero-order valence-electron chi connectivity index (χ0n) is 10.8. The summed E-state index contributed by atoms with van der Waals surface area (Å²) in [6.07, 6.45) is 3.09. The molecule has 0 radical (unpaired) electrons. The Morgan fingerprint density at radius 3 is 2.65 bits per heavy atom. The van der Waals surface area contributed by atoms with E-state index in [9.17, 15) is 4.79 Å². The highest BCUT2D eigenvalue weighted by Crippen LogP contribution is 2.41. The molecule has 1 heterocycles. The summed E-state index contributed by atoms with van der Waals surface area (Å²) in [6, 6.07) is 0. The molecular weight excluding hydrogens is 252 g/mol. The van der Waals surface area contributed by atoms with Crippen LogP contribution >= 0.6 is 23.1 Å². The molecule has 0 aliphatic heterocycles. The molecule has 0 aromatic carbocycles. The molecule has 17 heavy (non-hydrogen) atoms. The maximum Gasteiger partial charge on any atom is 0.171 e. The first-order chi connectivity index (χ1) is 7.97. The second-order valence-electron chi connectivity index (χ2n) is 4.37. The highest BCUT2D eigenvalue weighted by atomic mass is 32.2. The summed E-state index contributed by atoms with van der Waals surface area (Å²) in [5.74, 6) is 0.713. The van der Waals surface area contributed by atoms with E-state index in [1.165, 1.54) is 11.3 Å². The van der Waals surface area contributed by atoms with Crippen molar-refractivity contribution in [3.05, 3.63) is 4.88 Å². The third kappa shape index (κ3) is 3.64. The molecule has 1 aromatic rings. The maximum atomic E-state index is 11.4. The van der Waals surface area contributed by atoms with Crippen molar-refractivity contribution < 1.29 is 4.79 Å². The number of hydrogen-bond acceptors (Lipinski definition) is 5. The fraction of sp³-hybridized carbons (Fsp3) is 0.583. The van der Waals surface area contributed by atoms with Crippen LogP contribution in [0.1, 0.15) is 36.9 Å². The summed E-state index contributed by atoms with van der Waals surface area (Å²) in [5.41, 5.74) is 6.60. The minimum atomic E-state index is 0.0414. The molecule has 1 aromatic heterocycles. The molecule has 0 atom stereocenters. The zero-order valence-corrected chi connectivity index (χ0v) is 12.4. The average molecular weight is 272 g/mol. The first-order valence-corrected chi connectivity index (χ1v) is 7.72. The standard InChI is InChI=1S/C12H20N2OS2/c1-7(2)5-6-14-12-11(16-4)9(13)10(17-12)8(3)15/h7,14H,5-6,13H2,1-4H3. The number of nitrogen functional groups attached to an aromatic ring is 1. The van der Waals surface area contributed by atoms with Gasteiger partial charge in [0, 0.05) is 13.5 Å². The van der Waals surface area contributed by atoms with Crippen molar-refractivity contribution in [2.45, 2.75) is 32.1 Å². The molecule has 1 rings (SSSR count). The lowest BCUT2D eigenvalue weighted by Gasteiger charge is -2.07. The predicted molar refractivity (Wildman–Crippen MR) is 78.5 cm³/mol. The summed E-state index contributed by atoms with van der Waals surface area (Å²) in [5, 5.41) is 4.41. The second kappa shape index (κ2) is 6.31. The van der Waals surface area contributed by atoms with E-state index in [1.807, 2.05) is 6.26 Å². The van der Waals surface area contributed by atoms with Gasteiger partial charge in [-0.2, -0.15) is 0 Å². The van der Waals surface area contributed by atoms with Gasteiger partial charge in [-0.05, 0) is 18.6 Å². The van der Waals surface area contributed by atoms with Gasteiger partial charge >= 0.3 is 0 Å². The average Bonchev–Trinajstić information content (AvgIpc) is 2.54. The second-order valence-corrected chi connectivity index (χ2v) is 6.21. The summed E-state index contributed by atoms with van der Waals surface area (Å²) < 4.78 is 0. The van der Waals surface area contributed by atoms with Crippen molar-refractivity contribution >= 4 is 39.6 Å². The number of anilines is 2. The topological polar surface area (TPSA) is 55.1 Å². The first-order valence-electron chi connectivity index (χ1n) is 5.68. The SMILES string of the molecule is CSc1c(NCCC(C)C)sc(C(C)=O)c1N. The molecule has 0 spiro atoms. The number of carbonyl (C=O) groups is 1. The van der Waals surface area contributed by atoms with E-state index in [1.54, 1.807) is 18.7 Å². The van der Waals surface area contributed by atoms with Gasteiger partial charge in [0.1, 0.15) is 5.00 Å². The molecule has 5 heteroatoms. The van der Waals surface area contributed by atoms with E-state index in [0.29, 0.717) is 16.5 Å². The van der Waals surface area contributed by atoms with Gasteiger partial charge in [0.2, 0.25) is 0 Å². The summed E-state index contributed by atoms with van der Waals surface area (Å²) >= 11 is 3.05. The minimum absolute atomic E-state index is 0.0414. The normalized spacial score (nSPS) is 10.9. The van der Waals surface area contributed by atoms with Crippen LogP contribution in [0.15, 0.2) is 4.90 Å². The van der Waals surface area contributed by atoms with Crippen molar-refractivity contribution in [1.29, 1.82) is 0 Å². The molecule has 0 saturated heterocycles. The maximum absolute atomic E-state index is 11.4. The lowest BCUT2D eigenvalue weighted by atomic mass is 10.1. The Hall–Kier alpha value is -0.680. The summed E-state index contributed by atoms with van der Waals surface area (Å²) in [6.45, 7) is 6.87. The van der Waals surface area contributed by atoms with E-state index in [2.05, 4.69) is 19.2 Å². The highest BCUT2D eigenvalue weighted by Gasteiger charge is 2.17. The number of ketones is 1. The third-order valence-electron chi connectivity index (χ3n) is 2.43. The largest absolute Gasteiger partial charge is 0.396 e. The van der Waals surface area contributed by atoms with Gasteiger partial charge in [0.15, 0.2) is 5.78 Å². The third-order valence-corrected chi connectivity index (χ3v) is 4.66. The molecule has 3 nitrogen and oxygen atoms in total. The van der Waals surface area contributed by atoms with E-state index < -0.39 is 0 Å². The first kappa shape index (κ1) is 14.4. The molecule has 0 unspecified atom stereocenters. The van der Waals surface area contributed by atoms with Gasteiger partial charge in [0.05, 0.1) is 15.5 Å². The van der Waals surface area contributed by atoms with Gasteiger partial charge in [-0.25, -0.2) is 0 Å². The number of thiophene rings is 1. The molecule has 0 fully saturated rings. The Kier molecular flexibility index (Phi) is 5.33. The fourth-order valence-corrected chi connectivity index (χ4v) is 3.44. The fourth-order valence-electron chi connectivity index (χ4n) is 1.48. The number of carbonyl (C=O) groups excluding carboxylic acids is 1. The molecule has 0 bridgehead atoms. The number of rotatable bonds is 6. The summed E-state index contributed by atoms with van der Waals surface area (Å²) in [7, 11) is 0. The highest BCUT2D eigenvalue weighted by molar-refractivity contribution is 7.99. The van der Waals surface area contributed by atoms with Gasteiger partial charge in [-0.3, -0.25) is 4.79 Å². The van der Waals surface area contributed by atoms with Gasteiger partial charge in [0.25, 0.3) is 0 Å². The minimum Gasteiger partial charge on any atom is -0.396 e. The molecule has 0 saturated carbocycles. The van der Waals surface area contributed by atoms with E-state index >= 15 is 0 Å². The number of thioether (sulfide) groups is 1. The van der Waals surface area contributed by atoms with Crippen LogP contribution in [-0.2, 0) is 0 Å². The van der Waals surface area contributed by atoms with Crippen LogP contribution in [0.4, 0.5) is 10.7 Å². The molecule has 0 aliphatic carbocycles. The monoisotopic (exact) mass is 272 g/mol. The summed E-state index contributed by atoms with van der Waals surface area (Å²) in [4.78, 5) is 13.1.